The molecule has 2 aliphatic rings. The molecule has 2 heterocycles. The van der Waals surface area contributed by atoms with Crippen LogP contribution in [0, 0.1) is 32.8 Å². The Morgan fingerprint density at radius 2 is 1.88 bits per heavy atom. The Morgan fingerprint density at radius 3 is 2.60 bits per heavy atom. The predicted octanol–water partition coefficient (Wildman–Crippen LogP) is 3.16. The van der Waals surface area contributed by atoms with E-state index >= 15 is 0 Å². The molecule has 0 radical (unpaired) electrons. The number of rotatable bonds is 4. The maximum atomic E-state index is 11.3. The molecule has 1 N–H and O–H groups in total. The lowest BCUT2D eigenvalue weighted by atomic mass is 9.89. The quantitative estimate of drug-likeness (QED) is 0.667. The van der Waals surface area contributed by atoms with Crippen LogP contribution in [0.2, 0.25) is 0 Å². The molecule has 0 amide bonds. The number of nitrogens with one attached hydrogen (secondary N) is 1. The van der Waals surface area contributed by atoms with Gasteiger partial charge in [-0.25, -0.2) is 0 Å². The topological polar surface area (TPSA) is 106 Å². The van der Waals surface area contributed by atoms with Crippen molar-refractivity contribution >= 4 is 11.4 Å². The first-order chi connectivity index (χ1) is 12.1. The molecule has 0 bridgehead atoms. The molecule has 1 aromatic carbocycles. The zero-order valence-corrected chi connectivity index (χ0v) is 14.1. The van der Waals surface area contributed by atoms with E-state index in [-0.39, 0.29) is 16.8 Å². The first-order valence-electron chi connectivity index (χ1n) is 8.76. The average molecular weight is 339 g/mol. The number of hydrogen-bond donors (Lipinski definition) is 1. The Balaban J connectivity index is 1.79. The summed E-state index contributed by atoms with van der Waals surface area (Å²) in [6.45, 7) is 1.71. The first-order valence-corrected chi connectivity index (χ1v) is 8.76. The molecule has 0 aliphatic carbocycles. The molecular formula is C18H21N5O2. The van der Waals surface area contributed by atoms with E-state index in [4.69, 9.17) is 10.5 Å². The summed E-state index contributed by atoms with van der Waals surface area (Å²) in [5, 5.41) is 32.7. The minimum atomic E-state index is -0.505. The van der Waals surface area contributed by atoms with Gasteiger partial charge in [0, 0.05) is 24.7 Å². The fraction of sp³-hybridized carbons (Fsp3) is 0.556. The number of fused-ring (bicyclic) bond motifs is 1. The van der Waals surface area contributed by atoms with Crippen LogP contribution in [0.5, 0.6) is 0 Å². The van der Waals surface area contributed by atoms with Gasteiger partial charge in [0.1, 0.15) is 17.8 Å². The standard InChI is InChI=1S/C18H21N5O2/c19-10-13-8-17(18(23(24)25)9-14(13)11-20)21-12-16-6-3-5-15-4-1-2-7-22(15)16/h8-9,15-16,21H,1-7,12H2. The van der Waals surface area contributed by atoms with Crippen LogP contribution in [-0.2, 0) is 0 Å². The number of anilines is 1. The van der Waals surface area contributed by atoms with Gasteiger partial charge in [-0.05, 0) is 38.3 Å². The van der Waals surface area contributed by atoms with Gasteiger partial charge in [-0.1, -0.05) is 12.8 Å². The Labute approximate surface area is 147 Å². The smallest absolute Gasteiger partial charge is 0.293 e. The van der Waals surface area contributed by atoms with E-state index in [1.54, 1.807) is 0 Å². The molecule has 2 fully saturated rings. The van der Waals surface area contributed by atoms with Gasteiger partial charge in [0.15, 0.2) is 0 Å². The van der Waals surface area contributed by atoms with Crippen molar-refractivity contribution in [2.24, 2.45) is 0 Å². The van der Waals surface area contributed by atoms with Gasteiger partial charge in [-0.2, -0.15) is 10.5 Å². The maximum absolute atomic E-state index is 11.3. The third kappa shape index (κ3) is 3.57. The third-order valence-electron chi connectivity index (χ3n) is 5.32. The van der Waals surface area contributed by atoms with Gasteiger partial charge in [0.25, 0.3) is 5.69 Å². The van der Waals surface area contributed by atoms with Gasteiger partial charge < -0.3 is 5.32 Å². The Hall–Kier alpha value is -2.64. The monoisotopic (exact) mass is 339 g/mol. The van der Waals surface area contributed by atoms with E-state index in [1.807, 2.05) is 12.1 Å². The minimum absolute atomic E-state index is 0.0357. The summed E-state index contributed by atoms with van der Waals surface area (Å²) in [6.07, 6.45) is 7.25. The second-order valence-electron chi connectivity index (χ2n) is 6.75. The fourth-order valence-corrected chi connectivity index (χ4v) is 4.08. The lowest BCUT2D eigenvalue weighted by molar-refractivity contribution is -0.384. The molecular weight excluding hydrogens is 318 g/mol. The van der Waals surface area contributed by atoms with Crippen molar-refractivity contribution in [2.75, 3.05) is 18.4 Å². The molecule has 25 heavy (non-hydrogen) atoms. The van der Waals surface area contributed by atoms with E-state index in [9.17, 15) is 10.1 Å². The van der Waals surface area contributed by atoms with Gasteiger partial charge in [0.05, 0.1) is 16.1 Å². The summed E-state index contributed by atoms with van der Waals surface area (Å²) in [5.41, 5.74) is 0.366. The van der Waals surface area contributed by atoms with Crippen LogP contribution in [0.1, 0.15) is 49.7 Å². The summed E-state index contributed by atoms with van der Waals surface area (Å²) in [7, 11) is 0. The van der Waals surface area contributed by atoms with Crippen molar-refractivity contribution in [2.45, 2.75) is 50.6 Å². The number of nitriles is 2. The zero-order chi connectivity index (χ0) is 17.8. The second-order valence-corrected chi connectivity index (χ2v) is 6.75. The van der Waals surface area contributed by atoms with Crippen LogP contribution >= 0.6 is 0 Å². The summed E-state index contributed by atoms with van der Waals surface area (Å²) in [4.78, 5) is 13.4. The number of nitrogens with zero attached hydrogens (tertiary/aromatic N) is 4. The van der Waals surface area contributed by atoms with Gasteiger partial charge in [-0.3, -0.25) is 15.0 Å². The molecule has 3 rings (SSSR count). The molecule has 2 saturated heterocycles. The zero-order valence-electron chi connectivity index (χ0n) is 14.1. The molecule has 7 nitrogen and oxygen atoms in total. The molecule has 2 atom stereocenters. The number of piperidine rings is 2. The van der Waals surface area contributed by atoms with Crippen molar-refractivity contribution in [1.82, 2.24) is 4.90 Å². The molecule has 2 aliphatic heterocycles. The molecule has 1 aromatic rings. The van der Waals surface area contributed by atoms with Crippen molar-refractivity contribution < 1.29 is 4.92 Å². The lowest BCUT2D eigenvalue weighted by Gasteiger charge is -2.45. The van der Waals surface area contributed by atoms with Crippen molar-refractivity contribution in [1.29, 1.82) is 10.5 Å². The molecule has 7 heteroatoms. The van der Waals surface area contributed by atoms with E-state index in [2.05, 4.69) is 10.2 Å². The number of benzene rings is 1. The SMILES string of the molecule is N#Cc1cc(NCC2CCCC3CCCCN32)c([N+](=O)[O-])cc1C#N. The van der Waals surface area contributed by atoms with Crippen molar-refractivity contribution in [3.63, 3.8) is 0 Å². The van der Waals surface area contributed by atoms with Crippen LogP contribution in [0.15, 0.2) is 12.1 Å². The van der Waals surface area contributed by atoms with Gasteiger partial charge >= 0.3 is 0 Å². The maximum Gasteiger partial charge on any atom is 0.293 e. The normalized spacial score (nSPS) is 23.1. The van der Waals surface area contributed by atoms with Crippen molar-refractivity contribution in [3.8, 4) is 12.1 Å². The highest BCUT2D eigenvalue weighted by Gasteiger charge is 2.32. The summed E-state index contributed by atoms with van der Waals surface area (Å²) >= 11 is 0. The highest BCUT2D eigenvalue weighted by atomic mass is 16.6. The lowest BCUT2D eigenvalue weighted by Crippen LogP contribution is -2.51. The third-order valence-corrected chi connectivity index (χ3v) is 5.32. The number of hydrogen-bond acceptors (Lipinski definition) is 6. The summed E-state index contributed by atoms with van der Waals surface area (Å²) in [5.74, 6) is 0. The molecule has 130 valence electrons. The molecule has 0 spiro atoms. The van der Waals surface area contributed by atoms with Gasteiger partial charge in [0.2, 0.25) is 0 Å². The van der Waals surface area contributed by atoms with Crippen LogP contribution in [0.25, 0.3) is 0 Å². The van der Waals surface area contributed by atoms with Crippen molar-refractivity contribution in [3.05, 3.63) is 33.4 Å². The van der Waals surface area contributed by atoms with Crippen LogP contribution in [-0.4, -0.2) is 35.0 Å². The van der Waals surface area contributed by atoms with E-state index in [0.29, 0.717) is 24.3 Å². The minimum Gasteiger partial charge on any atom is -0.378 e. The largest absolute Gasteiger partial charge is 0.378 e. The fourth-order valence-electron chi connectivity index (χ4n) is 4.08. The van der Waals surface area contributed by atoms with E-state index in [0.717, 1.165) is 13.0 Å². The highest BCUT2D eigenvalue weighted by Crippen LogP contribution is 2.32. The van der Waals surface area contributed by atoms with Crippen LogP contribution in [0.3, 0.4) is 0 Å². The number of nitro groups is 1. The van der Waals surface area contributed by atoms with Crippen LogP contribution in [0.4, 0.5) is 11.4 Å². The molecule has 2 unspecified atom stereocenters. The van der Waals surface area contributed by atoms with E-state index in [1.165, 1.54) is 44.2 Å². The second kappa shape index (κ2) is 7.50. The van der Waals surface area contributed by atoms with E-state index < -0.39 is 4.92 Å². The van der Waals surface area contributed by atoms with Gasteiger partial charge in [-0.15, -0.1) is 0 Å². The highest BCUT2D eigenvalue weighted by molar-refractivity contribution is 5.68. The Bertz CT molecular complexity index is 747. The Kier molecular flexibility index (Phi) is 5.16. The molecule has 0 aromatic heterocycles. The Morgan fingerprint density at radius 1 is 1.16 bits per heavy atom. The molecule has 0 saturated carbocycles. The number of nitro benzene ring substituents is 1. The summed E-state index contributed by atoms with van der Waals surface area (Å²) < 4.78 is 0. The van der Waals surface area contributed by atoms with Crippen LogP contribution < -0.4 is 5.32 Å². The average Bonchev–Trinajstić information content (AvgIpc) is 2.65. The predicted molar refractivity (Wildman–Crippen MR) is 93.0 cm³/mol. The summed E-state index contributed by atoms with van der Waals surface area (Å²) in [6, 6.07) is 7.40. The first kappa shape index (κ1) is 17.2.